The lowest BCUT2D eigenvalue weighted by Gasteiger charge is -2.33. The molecule has 0 heterocycles. The van der Waals surface area contributed by atoms with Crippen molar-refractivity contribution in [3.8, 4) is 0 Å². The van der Waals surface area contributed by atoms with Crippen molar-refractivity contribution >= 4 is 0 Å². The summed E-state index contributed by atoms with van der Waals surface area (Å²) in [6.07, 6.45) is 10.1. The number of hydrogen-bond donors (Lipinski definition) is 0. The number of allylic oxidation sites excluding steroid dienone is 2. The Labute approximate surface area is 80.4 Å². The molecule has 0 N–H and O–H groups in total. The molecule has 0 aromatic heterocycles. The van der Waals surface area contributed by atoms with Gasteiger partial charge in [-0.1, -0.05) is 18.6 Å². The van der Waals surface area contributed by atoms with E-state index in [-0.39, 0.29) is 0 Å². The predicted molar refractivity (Wildman–Crippen MR) is 53.2 cm³/mol. The lowest BCUT2D eigenvalue weighted by Crippen LogP contribution is -2.23. The molecule has 70 valence electrons. The lowest BCUT2D eigenvalue weighted by molar-refractivity contribution is 0.320. The molecule has 4 rings (SSSR count). The number of hydrogen-bond acceptors (Lipinski definition) is 0. The summed E-state index contributed by atoms with van der Waals surface area (Å²) in [4.78, 5) is 0. The van der Waals surface area contributed by atoms with Crippen LogP contribution < -0.4 is 0 Å². The van der Waals surface area contributed by atoms with Gasteiger partial charge in [-0.05, 0) is 61.2 Å². The van der Waals surface area contributed by atoms with Crippen molar-refractivity contribution in [3.63, 3.8) is 0 Å². The van der Waals surface area contributed by atoms with E-state index in [1.807, 2.05) is 5.57 Å². The minimum Gasteiger partial charge on any atom is -0.0845 e. The van der Waals surface area contributed by atoms with Gasteiger partial charge in [-0.2, -0.15) is 0 Å². The molecule has 0 heteroatoms. The molecular weight excluding hydrogens is 156 g/mol. The molecule has 4 aliphatic carbocycles. The molecule has 0 saturated heterocycles. The first-order valence-electron chi connectivity index (χ1n) is 6.01. The van der Waals surface area contributed by atoms with Gasteiger partial charge in [0.2, 0.25) is 0 Å². The van der Waals surface area contributed by atoms with Crippen LogP contribution in [0, 0.1) is 29.1 Å². The van der Waals surface area contributed by atoms with E-state index in [0.717, 1.165) is 17.8 Å². The number of rotatable bonds is 0. The van der Waals surface area contributed by atoms with Crippen molar-refractivity contribution in [2.45, 2.75) is 39.0 Å². The topological polar surface area (TPSA) is 0 Å². The summed E-state index contributed by atoms with van der Waals surface area (Å²) in [5.74, 6) is 4.48. The molecule has 0 bridgehead atoms. The SMILES string of the molecule is CC12CC1C1CC1C1CCCC=C12. The van der Waals surface area contributed by atoms with Gasteiger partial charge >= 0.3 is 0 Å². The molecule has 5 unspecified atom stereocenters. The Morgan fingerprint density at radius 3 is 3.23 bits per heavy atom. The highest BCUT2D eigenvalue weighted by molar-refractivity contribution is 5.36. The van der Waals surface area contributed by atoms with E-state index < -0.39 is 0 Å². The Balaban J connectivity index is 1.82. The second-order valence-electron chi connectivity index (χ2n) is 5.99. The zero-order valence-electron chi connectivity index (χ0n) is 8.42. The molecule has 0 nitrogen and oxygen atoms in total. The van der Waals surface area contributed by atoms with E-state index in [1.165, 1.54) is 31.6 Å². The maximum atomic E-state index is 2.61. The van der Waals surface area contributed by atoms with Gasteiger partial charge in [0.05, 0.1) is 0 Å². The summed E-state index contributed by atoms with van der Waals surface area (Å²) in [6.45, 7) is 2.54. The fraction of sp³-hybridized carbons (Fsp3) is 0.846. The van der Waals surface area contributed by atoms with Crippen LogP contribution in [0.4, 0.5) is 0 Å². The fourth-order valence-corrected chi connectivity index (χ4v) is 4.52. The van der Waals surface area contributed by atoms with E-state index >= 15 is 0 Å². The second-order valence-corrected chi connectivity index (χ2v) is 5.99. The molecule has 0 radical (unpaired) electrons. The van der Waals surface area contributed by atoms with Crippen LogP contribution >= 0.6 is 0 Å². The molecule has 4 aliphatic rings. The summed E-state index contributed by atoms with van der Waals surface area (Å²) in [5.41, 5.74) is 2.62. The fourth-order valence-electron chi connectivity index (χ4n) is 4.52. The summed E-state index contributed by atoms with van der Waals surface area (Å²) in [6, 6.07) is 0. The van der Waals surface area contributed by atoms with Crippen LogP contribution in [-0.4, -0.2) is 0 Å². The van der Waals surface area contributed by atoms with E-state index in [0.29, 0.717) is 5.41 Å². The van der Waals surface area contributed by atoms with Crippen LogP contribution in [0.25, 0.3) is 0 Å². The zero-order valence-corrected chi connectivity index (χ0v) is 8.42. The minimum atomic E-state index is 0.711. The van der Waals surface area contributed by atoms with Crippen molar-refractivity contribution in [1.29, 1.82) is 0 Å². The molecule has 0 aromatic rings. The minimum absolute atomic E-state index is 0.711. The Kier molecular flexibility index (Phi) is 1.03. The summed E-state index contributed by atoms with van der Waals surface area (Å²) >= 11 is 0. The van der Waals surface area contributed by atoms with Crippen molar-refractivity contribution in [3.05, 3.63) is 11.6 Å². The largest absolute Gasteiger partial charge is 0.0845 e. The van der Waals surface area contributed by atoms with Crippen molar-refractivity contribution in [1.82, 2.24) is 0 Å². The van der Waals surface area contributed by atoms with Gasteiger partial charge in [-0.25, -0.2) is 0 Å². The average Bonchev–Trinajstić information content (AvgIpc) is 2.97. The second kappa shape index (κ2) is 1.89. The van der Waals surface area contributed by atoms with E-state index in [2.05, 4.69) is 13.0 Å². The van der Waals surface area contributed by atoms with Gasteiger partial charge in [0.1, 0.15) is 0 Å². The quantitative estimate of drug-likeness (QED) is 0.494. The van der Waals surface area contributed by atoms with Crippen LogP contribution in [0.1, 0.15) is 39.0 Å². The molecule has 3 saturated carbocycles. The smallest absolute Gasteiger partial charge is 0.00792 e. The Hall–Kier alpha value is -0.260. The highest BCUT2D eigenvalue weighted by atomic mass is 14.7. The summed E-state index contributed by atoms with van der Waals surface area (Å²) in [7, 11) is 0. The predicted octanol–water partition coefficient (Wildman–Crippen LogP) is 3.39. The first kappa shape index (κ1) is 7.09. The standard InChI is InChI=1S/C13H18/c1-13-7-12(13)10-6-9(10)8-4-2-3-5-11(8)13/h5,8-10,12H,2-4,6-7H2,1H3. The van der Waals surface area contributed by atoms with E-state index in [4.69, 9.17) is 0 Å². The monoisotopic (exact) mass is 174 g/mol. The molecular formula is C13H18. The maximum Gasteiger partial charge on any atom is -0.00792 e. The molecule has 13 heavy (non-hydrogen) atoms. The Morgan fingerprint density at radius 2 is 2.31 bits per heavy atom. The van der Waals surface area contributed by atoms with Gasteiger partial charge < -0.3 is 0 Å². The molecule has 0 aromatic carbocycles. The van der Waals surface area contributed by atoms with Gasteiger partial charge in [0.15, 0.2) is 0 Å². The molecule has 0 amide bonds. The molecule has 0 spiro atoms. The van der Waals surface area contributed by atoms with Gasteiger partial charge in [0, 0.05) is 0 Å². The number of fused-ring (bicyclic) bond motifs is 6. The third kappa shape index (κ3) is 0.705. The van der Waals surface area contributed by atoms with Crippen LogP contribution in [0.15, 0.2) is 11.6 Å². The van der Waals surface area contributed by atoms with Crippen LogP contribution in [-0.2, 0) is 0 Å². The van der Waals surface area contributed by atoms with Crippen LogP contribution in [0.2, 0.25) is 0 Å². The first-order valence-corrected chi connectivity index (χ1v) is 6.01. The third-order valence-electron chi connectivity index (χ3n) is 5.37. The van der Waals surface area contributed by atoms with E-state index in [1.54, 1.807) is 6.42 Å². The molecule has 0 aliphatic heterocycles. The molecule has 5 atom stereocenters. The normalized spacial score (nSPS) is 61.5. The lowest BCUT2D eigenvalue weighted by atomic mass is 9.72. The third-order valence-corrected chi connectivity index (χ3v) is 5.37. The van der Waals surface area contributed by atoms with Crippen LogP contribution in [0.3, 0.4) is 0 Å². The van der Waals surface area contributed by atoms with Crippen molar-refractivity contribution in [2.24, 2.45) is 29.1 Å². The Bertz CT molecular complexity index is 301. The van der Waals surface area contributed by atoms with E-state index in [9.17, 15) is 0 Å². The first-order chi connectivity index (χ1) is 6.31. The van der Waals surface area contributed by atoms with Crippen LogP contribution in [0.5, 0.6) is 0 Å². The van der Waals surface area contributed by atoms with Gasteiger partial charge in [-0.3, -0.25) is 0 Å². The van der Waals surface area contributed by atoms with Crippen molar-refractivity contribution < 1.29 is 0 Å². The van der Waals surface area contributed by atoms with Gasteiger partial charge in [0.25, 0.3) is 0 Å². The Morgan fingerprint density at radius 1 is 1.38 bits per heavy atom. The molecule has 3 fully saturated rings. The highest BCUT2D eigenvalue weighted by Gasteiger charge is 2.68. The average molecular weight is 174 g/mol. The summed E-state index contributed by atoms with van der Waals surface area (Å²) in [5, 5.41) is 0. The zero-order chi connectivity index (χ0) is 8.63. The van der Waals surface area contributed by atoms with Gasteiger partial charge in [-0.15, -0.1) is 0 Å². The maximum absolute atomic E-state index is 2.61. The van der Waals surface area contributed by atoms with Crippen molar-refractivity contribution in [2.75, 3.05) is 0 Å². The summed E-state index contributed by atoms with van der Waals surface area (Å²) < 4.78 is 0. The highest BCUT2D eigenvalue weighted by Crippen LogP contribution is 2.76.